The molecule has 15 heavy (non-hydrogen) atoms. The van der Waals surface area contributed by atoms with Crippen LogP contribution in [0.2, 0.25) is 0 Å². The van der Waals surface area contributed by atoms with Gasteiger partial charge in [0.05, 0.1) is 0 Å². The van der Waals surface area contributed by atoms with Crippen LogP contribution < -0.4 is 0 Å². The summed E-state index contributed by atoms with van der Waals surface area (Å²) >= 11 is 0. The Balaban J connectivity index is 2.81. The summed E-state index contributed by atoms with van der Waals surface area (Å²) in [4.78, 5) is 0. The largest absolute Gasteiger partial charge is 0.417 e. The number of hydrogen-bond donors (Lipinski definition) is 1. The lowest BCUT2D eigenvalue weighted by Crippen LogP contribution is -2.44. The minimum atomic E-state index is -4.73. The van der Waals surface area contributed by atoms with Crippen LogP contribution in [0.1, 0.15) is 13.8 Å². The Bertz CT molecular complexity index is 249. The minimum absolute atomic E-state index is 0.961. The number of halogens is 3. The fourth-order valence-electron chi connectivity index (χ4n) is 1.43. The van der Waals surface area contributed by atoms with E-state index in [1.54, 1.807) is 0 Å². The zero-order valence-electron chi connectivity index (χ0n) is 8.41. The average Bonchev–Trinajstić information content (AvgIpc) is 2.38. The molecule has 0 radical (unpaired) electrons. The molecule has 3 nitrogen and oxygen atoms in total. The first-order valence-electron chi connectivity index (χ1n) is 4.40. The van der Waals surface area contributed by atoms with Gasteiger partial charge in [-0.1, -0.05) is 6.08 Å². The van der Waals surface area contributed by atoms with Gasteiger partial charge in [-0.05, 0) is 13.8 Å². The van der Waals surface area contributed by atoms with E-state index in [9.17, 15) is 13.2 Å². The fourth-order valence-corrected chi connectivity index (χ4v) is 1.43. The number of rotatable bonds is 2. The summed E-state index contributed by atoms with van der Waals surface area (Å²) in [7, 11) is 0. The van der Waals surface area contributed by atoms with Crippen molar-refractivity contribution in [3.8, 4) is 0 Å². The monoisotopic (exact) mass is 226 g/mol. The summed E-state index contributed by atoms with van der Waals surface area (Å²) < 4.78 is 46.8. The van der Waals surface area contributed by atoms with E-state index in [2.05, 4.69) is 6.58 Å². The Morgan fingerprint density at radius 2 is 1.93 bits per heavy atom. The van der Waals surface area contributed by atoms with E-state index in [0.717, 1.165) is 0 Å². The molecule has 0 aromatic rings. The van der Waals surface area contributed by atoms with E-state index in [4.69, 9.17) is 14.6 Å². The van der Waals surface area contributed by atoms with E-state index in [1.807, 2.05) is 0 Å². The van der Waals surface area contributed by atoms with Crippen molar-refractivity contribution in [2.45, 2.75) is 44.1 Å². The maximum absolute atomic E-state index is 12.2. The van der Waals surface area contributed by atoms with Gasteiger partial charge in [0.15, 0.2) is 11.9 Å². The Kier molecular flexibility index (Phi) is 3.14. The van der Waals surface area contributed by atoms with Crippen LogP contribution in [0.15, 0.2) is 12.7 Å². The SMILES string of the molecule is C=C[C@H]1OC(C)(C)O[C@H]1[C@@H](O)C(F)(F)F. The van der Waals surface area contributed by atoms with Crippen molar-refractivity contribution >= 4 is 0 Å². The van der Waals surface area contributed by atoms with Crippen LogP contribution in [-0.2, 0) is 9.47 Å². The van der Waals surface area contributed by atoms with Gasteiger partial charge in [-0.25, -0.2) is 0 Å². The maximum atomic E-state index is 12.2. The van der Waals surface area contributed by atoms with E-state index in [-0.39, 0.29) is 0 Å². The highest BCUT2D eigenvalue weighted by atomic mass is 19.4. The second-order valence-corrected chi connectivity index (χ2v) is 3.79. The first-order chi connectivity index (χ1) is 6.67. The molecule has 0 saturated carbocycles. The fraction of sp³-hybridized carbons (Fsp3) is 0.778. The van der Waals surface area contributed by atoms with Gasteiger partial charge in [-0.15, -0.1) is 6.58 Å². The highest BCUT2D eigenvalue weighted by molar-refractivity contribution is 4.98. The number of alkyl halides is 3. The van der Waals surface area contributed by atoms with E-state index in [0.29, 0.717) is 0 Å². The minimum Gasteiger partial charge on any atom is -0.381 e. The predicted octanol–water partition coefficient (Wildman–Crippen LogP) is 1.62. The molecule has 1 N–H and O–H groups in total. The van der Waals surface area contributed by atoms with Crippen molar-refractivity contribution in [1.29, 1.82) is 0 Å². The third-order valence-electron chi connectivity index (χ3n) is 2.04. The van der Waals surface area contributed by atoms with E-state index >= 15 is 0 Å². The lowest BCUT2D eigenvalue weighted by Gasteiger charge is -2.23. The maximum Gasteiger partial charge on any atom is 0.417 e. The van der Waals surface area contributed by atoms with Gasteiger partial charge in [0.1, 0.15) is 12.2 Å². The van der Waals surface area contributed by atoms with Crippen LogP contribution in [0.3, 0.4) is 0 Å². The van der Waals surface area contributed by atoms with Gasteiger partial charge in [-0.2, -0.15) is 13.2 Å². The summed E-state index contributed by atoms with van der Waals surface area (Å²) in [5.41, 5.74) is 0. The Morgan fingerprint density at radius 1 is 1.40 bits per heavy atom. The molecule has 0 aromatic carbocycles. The highest BCUT2D eigenvalue weighted by Crippen LogP contribution is 2.35. The molecule has 0 bridgehead atoms. The molecule has 1 aliphatic heterocycles. The first kappa shape index (κ1) is 12.5. The summed E-state index contributed by atoms with van der Waals surface area (Å²) in [5, 5.41) is 9.04. The Hall–Kier alpha value is -0.590. The van der Waals surface area contributed by atoms with Crippen LogP contribution >= 0.6 is 0 Å². The van der Waals surface area contributed by atoms with Crippen LogP contribution in [0, 0.1) is 0 Å². The topological polar surface area (TPSA) is 38.7 Å². The third-order valence-corrected chi connectivity index (χ3v) is 2.04. The molecule has 6 heteroatoms. The molecular formula is C9H13F3O3. The van der Waals surface area contributed by atoms with Crippen LogP contribution in [0.25, 0.3) is 0 Å². The molecule has 0 unspecified atom stereocenters. The summed E-state index contributed by atoms with van der Waals surface area (Å²) in [5.74, 6) is -1.14. The standard InChI is InChI=1S/C9H13F3O3/c1-4-5-6(7(13)9(10,11)12)15-8(2,3)14-5/h4-7,13H,1H2,2-3H3/t5-,6-,7-/m1/s1. The average molecular weight is 226 g/mol. The smallest absolute Gasteiger partial charge is 0.381 e. The van der Waals surface area contributed by atoms with Crippen molar-refractivity contribution in [2.75, 3.05) is 0 Å². The van der Waals surface area contributed by atoms with Gasteiger partial charge < -0.3 is 14.6 Å². The summed E-state index contributed by atoms with van der Waals surface area (Å²) in [6.07, 6.45) is -8.53. The van der Waals surface area contributed by atoms with Gasteiger partial charge in [0.25, 0.3) is 0 Å². The molecule has 1 saturated heterocycles. The summed E-state index contributed by atoms with van der Waals surface area (Å²) in [6, 6.07) is 0. The third kappa shape index (κ3) is 2.70. The molecule has 1 aliphatic rings. The van der Waals surface area contributed by atoms with Crippen molar-refractivity contribution < 1.29 is 27.8 Å². The van der Waals surface area contributed by atoms with Crippen LogP contribution in [0.5, 0.6) is 0 Å². The van der Waals surface area contributed by atoms with E-state index < -0.39 is 30.3 Å². The summed E-state index contributed by atoms with van der Waals surface area (Å²) in [6.45, 7) is 6.30. The second-order valence-electron chi connectivity index (χ2n) is 3.79. The molecule has 3 atom stereocenters. The normalized spacial score (nSPS) is 32.7. The Morgan fingerprint density at radius 3 is 2.33 bits per heavy atom. The second kappa shape index (κ2) is 3.77. The van der Waals surface area contributed by atoms with Crippen molar-refractivity contribution in [3.05, 3.63) is 12.7 Å². The van der Waals surface area contributed by atoms with Gasteiger partial charge in [-0.3, -0.25) is 0 Å². The van der Waals surface area contributed by atoms with Gasteiger partial charge in [0.2, 0.25) is 0 Å². The lowest BCUT2D eigenvalue weighted by atomic mass is 10.1. The number of aliphatic hydroxyl groups excluding tert-OH is 1. The highest BCUT2D eigenvalue weighted by Gasteiger charge is 2.52. The Labute approximate surface area is 85.5 Å². The van der Waals surface area contributed by atoms with Crippen molar-refractivity contribution in [3.63, 3.8) is 0 Å². The van der Waals surface area contributed by atoms with Crippen molar-refractivity contribution in [2.24, 2.45) is 0 Å². The molecule has 0 amide bonds. The molecule has 0 aromatic heterocycles. The molecule has 1 fully saturated rings. The number of hydrogen-bond acceptors (Lipinski definition) is 3. The zero-order valence-corrected chi connectivity index (χ0v) is 8.41. The molecule has 1 heterocycles. The molecule has 0 aliphatic carbocycles. The van der Waals surface area contributed by atoms with Crippen molar-refractivity contribution in [1.82, 2.24) is 0 Å². The van der Waals surface area contributed by atoms with E-state index in [1.165, 1.54) is 19.9 Å². The number of aliphatic hydroxyl groups is 1. The first-order valence-corrected chi connectivity index (χ1v) is 4.40. The van der Waals surface area contributed by atoms with Gasteiger partial charge in [0, 0.05) is 0 Å². The van der Waals surface area contributed by atoms with Gasteiger partial charge >= 0.3 is 6.18 Å². The quantitative estimate of drug-likeness (QED) is 0.727. The predicted molar refractivity (Wildman–Crippen MR) is 46.1 cm³/mol. The molecule has 1 rings (SSSR count). The molecular weight excluding hydrogens is 213 g/mol. The zero-order chi connectivity index (χ0) is 11.9. The lowest BCUT2D eigenvalue weighted by molar-refractivity contribution is -0.241. The van der Waals surface area contributed by atoms with Crippen LogP contribution in [-0.4, -0.2) is 35.4 Å². The number of ether oxygens (including phenoxy) is 2. The molecule has 0 spiro atoms. The molecule has 88 valence electrons. The van der Waals surface area contributed by atoms with Crippen LogP contribution in [0.4, 0.5) is 13.2 Å².